The normalized spacial score (nSPS) is 11.9. The largest absolute Gasteiger partial charge is 0.419 e. The number of carbonyl (C=O) groups is 2. The van der Waals surface area contributed by atoms with Gasteiger partial charge in [-0.25, -0.2) is 4.79 Å². The SMILES string of the molecule is CCC(C(=O)C(=O)Oc1ccc(Cl)cc1Cl)c1ccc(Cl)c(Cl)c1. The van der Waals surface area contributed by atoms with Crippen LogP contribution in [0, 0.1) is 0 Å². The number of ketones is 1. The van der Waals surface area contributed by atoms with Crippen molar-refractivity contribution in [3.63, 3.8) is 0 Å². The van der Waals surface area contributed by atoms with E-state index in [9.17, 15) is 9.59 Å². The van der Waals surface area contributed by atoms with Crippen molar-refractivity contribution in [2.24, 2.45) is 0 Å². The molecule has 0 aliphatic rings. The van der Waals surface area contributed by atoms with Crippen molar-refractivity contribution in [1.29, 1.82) is 0 Å². The highest BCUT2D eigenvalue weighted by Gasteiger charge is 2.28. The summed E-state index contributed by atoms with van der Waals surface area (Å²) in [5.74, 6) is -2.30. The molecule has 24 heavy (non-hydrogen) atoms. The second kappa shape index (κ2) is 8.21. The average molecular weight is 406 g/mol. The molecule has 0 amide bonds. The minimum absolute atomic E-state index is 0.0726. The maximum absolute atomic E-state index is 12.4. The Morgan fingerprint density at radius 2 is 1.67 bits per heavy atom. The molecule has 2 aromatic rings. The van der Waals surface area contributed by atoms with Gasteiger partial charge >= 0.3 is 5.97 Å². The van der Waals surface area contributed by atoms with Gasteiger partial charge in [0, 0.05) is 5.02 Å². The van der Waals surface area contributed by atoms with E-state index in [1.165, 1.54) is 18.2 Å². The zero-order valence-electron chi connectivity index (χ0n) is 12.5. The Morgan fingerprint density at radius 1 is 0.958 bits per heavy atom. The molecule has 0 saturated heterocycles. The van der Waals surface area contributed by atoms with Gasteiger partial charge in [0.1, 0.15) is 5.75 Å². The fourth-order valence-electron chi connectivity index (χ4n) is 2.15. The summed E-state index contributed by atoms with van der Waals surface area (Å²) in [5.41, 5.74) is 0.594. The molecule has 1 unspecified atom stereocenters. The third-order valence-electron chi connectivity index (χ3n) is 3.37. The summed E-state index contributed by atoms with van der Waals surface area (Å²) < 4.78 is 5.08. The molecule has 0 radical (unpaired) electrons. The zero-order valence-corrected chi connectivity index (χ0v) is 15.5. The molecule has 2 aromatic carbocycles. The maximum Gasteiger partial charge on any atom is 0.380 e. The number of rotatable bonds is 5. The van der Waals surface area contributed by atoms with Crippen molar-refractivity contribution in [3.8, 4) is 5.75 Å². The Labute approximate surface area is 159 Å². The van der Waals surface area contributed by atoms with Crippen molar-refractivity contribution in [3.05, 3.63) is 62.1 Å². The Morgan fingerprint density at radius 3 is 2.25 bits per heavy atom. The summed E-state index contributed by atoms with van der Waals surface area (Å²) in [5, 5.41) is 1.23. The predicted octanol–water partition coefficient (Wildman–Crippen LogP) is 5.97. The highest BCUT2D eigenvalue weighted by Crippen LogP contribution is 2.30. The molecule has 126 valence electrons. The van der Waals surface area contributed by atoms with Crippen molar-refractivity contribution in [2.45, 2.75) is 19.3 Å². The Hall–Kier alpha value is -1.26. The number of hydrogen-bond donors (Lipinski definition) is 0. The van der Waals surface area contributed by atoms with Gasteiger partial charge in [0.25, 0.3) is 0 Å². The number of benzene rings is 2. The van der Waals surface area contributed by atoms with E-state index in [1.54, 1.807) is 25.1 Å². The molecule has 2 rings (SSSR count). The van der Waals surface area contributed by atoms with Gasteiger partial charge in [-0.2, -0.15) is 0 Å². The standard InChI is InChI=1S/C17H12Cl4O3/c1-2-11(9-3-5-12(19)13(20)7-9)16(22)17(23)24-15-6-4-10(18)8-14(15)21/h3-8,11H,2H2,1H3. The van der Waals surface area contributed by atoms with Crippen molar-refractivity contribution in [2.75, 3.05) is 0 Å². The van der Waals surface area contributed by atoms with E-state index in [4.69, 9.17) is 51.1 Å². The van der Waals surface area contributed by atoms with Crippen LogP contribution in [0.3, 0.4) is 0 Å². The van der Waals surface area contributed by atoms with Crippen LogP contribution in [-0.4, -0.2) is 11.8 Å². The molecule has 1 atom stereocenters. The van der Waals surface area contributed by atoms with Crippen LogP contribution >= 0.6 is 46.4 Å². The topological polar surface area (TPSA) is 43.4 Å². The lowest BCUT2D eigenvalue weighted by molar-refractivity contribution is -0.147. The minimum Gasteiger partial charge on any atom is -0.419 e. The molecule has 0 saturated carbocycles. The van der Waals surface area contributed by atoms with Gasteiger partial charge in [0.05, 0.1) is 21.0 Å². The molecule has 0 N–H and O–H groups in total. The Bertz CT molecular complexity index is 789. The van der Waals surface area contributed by atoms with Crippen LogP contribution in [0.25, 0.3) is 0 Å². The summed E-state index contributed by atoms with van der Waals surface area (Å²) >= 11 is 23.6. The predicted molar refractivity (Wildman–Crippen MR) is 96.6 cm³/mol. The van der Waals surface area contributed by atoms with E-state index in [0.717, 1.165) is 0 Å². The van der Waals surface area contributed by atoms with Crippen LogP contribution < -0.4 is 4.74 Å². The van der Waals surface area contributed by atoms with Gasteiger partial charge in [0.15, 0.2) is 0 Å². The van der Waals surface area contributed by atoms with Gasteiger partial charge in [-0.15, -0.1) is 0 Å². The third kappa shape index (κ3) is 4.42. The number of halogens is 4. The summed E-state index contributed by atoms with van der Waals surface area (Å²) in [6.45, 7) is 1.79. The molecule has 0 bridgehead atoms. The van der Waals surface area contributed by atoms with E-state index in [1.807, 2.05) is 0 Å². The third-order valence-corrected chi connectivity index (χ3v) is 4.64. The molecule has 0 aromatic heterocycles. The number of carbonyl (C=O) groups excluding carboxylic acids is 2. The van der Waals surface area contributed by atoms with Gasteiger partial charge in [-0.05, 0) is 42.3 Å². The molecule has 3 nitrogen and oxygen atoms in total. The molecule has 0 spiro atoms. The van der Waals surface area contributed by atoms with E-state index in [-0.39, 0.29) is 10.8 Å². The molecular weight excluding hydrogens is 394 g/mol. The lowest BCUT2D eigenvalue weighted by Crippen LogP contribution is -2.26. The van der Waals surface area contributed by atoms with Crippen LogP contribution in [0.4, 0.5) is 0 Å². The van der Waals surface area contributed by atoms with Crippen molar-refractivity contribution < 1.29 is 14.3 Å². The summed E-state index contributed by atoms with van der Waals surface area (Å²) in [6.07, 6.45) is 0.403. The van der Waals surface area contributed by atoms with Crippen LogP contribution in [0.15, 0.2) is 36.4 Å². The number of ether oxygens (including phenoxy) is 1. The Balaban J connectivity index is 2.21. The molecule has 0 heterocycles. The summed E-state index contributed by atoms with van der Waals surface area (Å²) in [7, 11) is 0. The molecule has 0 fully saturated rings. The molecular formula is C17H12Cl4O3. The smallest absolute Gasteiger partial charge is 0.380 e. The van der Waals surface area contributed by atoms with E-state index >= 15 is 0 Å². The second-order valence-electron chi connectivity index (χ2n) is 4.96. The van der Waals surface area contributed by atoms with Gasteiger partial charge in [0.2, 0.25) is 5.78 Å². The van der Waals surface area contributed by atoms with Crippen molar-refractivity contribution in [1.82, 2.24) is 0 Å². The summed E-state index contributed by atoms with van der Waals surface area (Å²) in [4.78, 5) is 24.6. The Kier molecular flexibility index (Phi) is 6.53. The fraction of sp³-hybridized carbons (Fsp3) is 0.176. The van der Waals surface area contributed by atoms with Crippen LogP contribution in [0.1, 0.15) is 24.8 Å². The minimum atomic E-state index is -1.00. The first-order valence-electron chi connectivity index (χ1n) is 6.99. The van der Waals surface area contributed by atoms with Gasteiger partial charge in [-0.1, -0.05) is 59.4 Å². The lowest BCUT2D eigenvalue weighted by atomic mass is 9.92. The van der Waals surface area contributed by atoms with E-state index in [0.29, 0.717) is 27.1 Å². The first-order valence-corrected chi connectivity index (χ1v) is 8.50. The lowest BCUT2D eigenvalue weighted by Gasteiger charge is -2.14. The van der Waals surface area contributed by atoms with Crippen LogP contribution in [0.5, 0.6) is 5.75 Å². The molecule has 7 heteroatoms. The average Bonchev–Trinajstić information content (AvgIpc) is 2.54. The first-order chi connectivity index (χ1) is 11.3. The first kappa shape index (κ1) is 19.1. The number of esters is 1. The monoisotopic (exact) mass is 404 g/mol. The number of hydrogen-bond acceptors (Lipinski definition) is 3. The van der Waals surface area contributed by atoms with Gasteiger partial charge in [-0.3, -0.25) is 4.79 Å². The van der Waals surface area contributed by atoms with Crippen LogP contribution in [-0.2, 0) is 9.59 Å². The molecule has 0 aliphatic heterocycles. The van der Waals surface area contributed by atoms with Crippen LogP contribution in [0.2, 0.25) is 20.1 Å². The fourth-order valence-corrected chi connectivity index (χ4v) is 2.91. The maximum atomic E-state index is 12.4. The summed E-state index contributed by atoms with van der Waals surface area (Å²) in [6, 6.07) is 9.16. The zero-order chi connectivity index (χ0) is 17.9. The highest BCUT2D eigenvalue weighted by atomic mass is 35.5. The van der Waals surface area contributed by atoms with Gasteiger partial charge < -0.3 is 4.74 Å². The van der Waals surface area contributed by atoms with E-state index in [2.05, 4.69) is 0 Å². The quantitative estimate of drug-likeness (QED) is 0.349. The van der Waals surface area contributed by atoms with E-state index < -0.39 is 17.7 Å². The van der Waals surface area contributed by atoms with Crippen molar-refractivity contribution >= 4 is 58.2 Å². The second-order valence-corrected chi connectivity index (χ2v) is 6.62. The highest BCUT2D eigenvalue weighted by molar-refractivity contribution is 6.42. The molecule has 0 aliphatic carbocycles. The number of Topliss-reactive ketones (excluding diaryl/α,β-unsaturated/α-hetero) is 1.